The number of carboxylic acid groups (broad SMARTS) is 1. The molecule has 3 aromatic rings. The first-order valence-corrected chi connectivity index (χ1v) is 11.4. The van der Waals surface area contributed by atoms with Crippen molar-refractivity contribution >= 4 is 23.7 Å². The van der Waals surface area contributed by atoms with Gasteiger partial charge >= 0.3 is 12.1 Å². The molecule has 0 unspecified atom stereocenters. The van der Waals surface area contributed by atoms with E-state index >= 15 is 0 Å². The maximum atomic E-state index is 14.2. The van der Waals surface area contributed by atoms with E-state index in [-0.39, 0.29) is 30.9 Å². The number of ether oxygens (including phenoxy) is 3. The van der Waals surface area contributed by atoms with Crippen LogP contribution in [-0.2, 0) is 22.5 Å². The van der Waals surface area contributed by atoms with Crippen molar-refractivity contribution < 1.29 is 38.1 Å². The highest BCUT2D eigenvalue weighted by Crippen LogP contribution is 2.36. The fourth-order valence-electron chi connectivity index (χ4n) is 3.87. The number of carbonyl (C=O) groups is 3. The van der Waals surface area contributed by atoms with Crippen LogP contribution in [0.2, 0.25) is 0 Å². The number of carbonyl (C=O) groups excluding carboxylic acids is 2. The van der Waals surface area contributed by atoms with Gasteiger partial charge in [-0.15, -0.1) is 0 Å². The summed E-state index contributed by atoms with van der Waals surface area (Å²) in [5, 5.41) is 11.8. The summed E-state index contributed by atoms with van der Waals surface area (Å²) in [6, 6.07) is 13.9. The third-order valence-electron chi connectivity index (χ3n) is 5.69. The van der Waals surface area contributed by atoms with Gasteiger partial charge in [-0.05, 0) is 55.0 Å². The first-order chi connectivity index (χ1) is 17.7. The number of hydrogen-bond donors (Lipinski definition) is 2. The smallest absolute Gasteiger partial charge is 0.410 e. The van der Waals surface area contributed by atoms with Gasteiger partial charge < -0.3 is 29.5 Å². The number of cyclic esters (lactones) is 1. The first kappa shape index (κ1) is 25.5. The van der Waals surface area contributed by atoms with Crippen LogP contribution in [0.1, 0.15) is 27.0 Å². The number of benzene rings is 3. The normalized spacial score (nSPS) is 12.7. The maximum Gasteiger partial charge on any atom is 0.410 e. The predicted octanol–water partition coefficient (Wildman–Crippen LogP) is 4.77. The zero-order chi connectivity index (χ0) is 26.5. The topological polar surface area (TPSA) is 114 Å². The lowest BCUT2D eigenvalue weighted by atomic mass is 10.1. The lowest BCUT2D eigenvalue weighted by Gasteiger charge is -2.19. The van der Waals surface area contributed by atoms with Crippen molar-refractivity contribution in [1.82, 2.24) is 4.90 Å². The van der Waals surface area contributed by atoms with Crippen LogP contribution < -0.4 is 14.8 Å². The van der Waals surface area contributed by atoms with E-state index in [1.807, 2.05) is 0 Å². The van der Waals surface area contributed by atoms with Crippen molar-refractivity contribution in [2.75, 3.05) is 25.6 Å². The van der Waals surface area contributed by atoms with E-state index in [2.05, 4.69) is 5.32 Å². The summed E-state index contributed by atoms with van der Waals surface area (Å²) in [7, 11) is 1.46. The van der Waals surface area contributed by atoms with Gasteiger partial charge in [0.15, 0.2) is 11.5 Å². The fraction of sp³-hybridized carbons (Fsp3) is 0.222. The van der Waals surface area contributed by atoms with E-state index in [0.29, 0.717) is 34.9 Å². The third kappa shape index (κ3) is 6.16. The number of methoxy groups -OCH3 is 1. The minimum atomic E-state index is -0.991. The molecule has 2 N–H and O–H groups in total. The molecule has 0 aromatic heterocycles. The number of nitrogens with zero attached hydrogens (tertiary/aromatic N) is 1. The summed E-state index contributed by atoms with van der Waals surface area (Å²) in [4.78, 5) is 37.5. The Labute approximate surface area is 212 Å². The maximum absolute atomic E-state index is 14.2. The van der Waals surface area contributed by atoms with Crippen molar-refractivity contribution in [3.8, 4) is 17.2 Å². The number of carboxylic acids is 1. The zero-order valence-electron chi connectivity index (χ0n) is 20.2. The number of aryl methyl sites for hydroxylation is 1. The molecule has 1 aliphatic rings. The van der Waals surface area contributed by atoms with Crippen LogP contribution in [0.5, 0.6) is 17.2 Å². The van der Waals surface area contributed by atoms with Gasteiger partial charge in [-0.3, -0.25) is 9.59 Å². The molecule has 1 aliphatic heterocycles. The molecule has 10 heteroatoms. The van der Waals surface area contributed by atoms with Crippen LogP contribution in [0.3, 0.4) is 0 Å². The molecule has 37 heavy (non-hydrogen) atoms. The summed E-state index contributed by atoms with van der Waals surface area (Å²) >= 11 is 0. The van der Waals surface area contributed by atoms with Gasteiger partial charge in [0.2, 0.25) is 0 Å². The van der Waals surface area contributed by atoms with Gasteiger partial charge in [0.25, 0.3) is 5.91 Å². The average molecular weight is 509 g/mol. The van der Waals surface area contributed by atoms with E-state index < -0.39 is 23.8 Å². The molecule has 1 heterocycles. The second-order valence-corrected chi connectivity index (χ2v) is 8.45. The van der Waals surface area contributed by atoms with E-state index in [9.17, 15) is 18.8 Å². The Morgan fingerprint density at radius 2 is 1.86 bits per heavy atom. The van der Waals surface area contributed by atoms with E-state index in [1.54, 1.807) is 49.4 Å². The number of anilines is 1. The molecule has 1 saturated heterocycles. The number of rotatable bonds is 9. The molecule has 0 atom stereocenters. The van der Waals surface area contributed by atoms with Gasteiger partial charge in [-0.25, -0.2) is 9.18 Å². The molecular formula is C27H25FN2O7. The Kier molecular flexibility index (Phi) is 7.57. The Balaban J connectivity index is 1.66. The SMILES string of the molecule is COc1ccc(CC(=O)O)cc1Oc1ccc(NC(=O)c2cc(C)ccc2F)cc1CN1CCOC1=O. The van der Waals surface area contributed by atoms with E-state index in [0.717, 1.165) is 5.56 Å². The molecule has 0 radical (unpaired) electrons. The highest BCUT2D eigenvalue weighted by atomic mass is 19.1. The van der Waals surface area contributed by atoms with Crippen LogP contribution in [0, 0.1) is 12.7 Å². The zero-order valence-corrected chi connectivity index (χ0v) is 20.2. The first-order valence-electron chi connectivity index (χ1n) is 11.4. The Hall–Kier alpha value is -4.60. The van der Waals surface area contributed by atoms with Crippen LogP contribution in [0.15, 0.2) is 54.6 Å². The third-order valence-corrected chi connectivity index (χ3v) is 5.69. The van der Waals surface area contributed by atoms with Gasteiger partial charge in [-0.1, -0.05) is 17.7 Å². The highest BCUT2D eigenvalue weighted by Gasteiger charge is 2.24. The molecule has 192 valence electrons. The Morgan fingerprint density at radius 1 is 1.08 bits per heavy atom. The standard InChI is InChI=1S/C27H25FN2O7/c1-16-3-6-21(28)20(11-16)26(33)29-19-5-8-22(18(14-19)15-30-9-10-36-27(30)34)37-24-12-17(13-25(31)32)4-7-23(24)35-2/h3-8,11-12,14H,9-10,13,15H2,1-2H3,(H,29,33)(H,31,32). The summed E-state index contributed by atoms with van der Waals surface area (Å²) in [5.74, 6) is -1.24. The molecule has 0 saturated carbocycles. The largest absolute Gasteiger partial charge is 0.493 e. The molecule has 3 aromatic carbocycles. The van der Waals surface area contributed by atoms with Gasteiger partial charge in [0.05, 0.1) is 32.2 Å². The van der Waals surface area contributed by atoms with Crippen molar-refractivity contribution in [1.29, 1.82) is 0 Å². The van der Waals surface area contributed by atoms with E-state index in [1.165, 1.54) is 24.1 Å². The van der Waals surface area contributed by atoms with Gasteiger partial charge in [-0.2, -0.15) is 0 Å². The van der Waals surface area contributed by atoms with Crippen molar-refractivity contribution in [3.63, 3.8) is 0 Å². The molecule has 0 spiro atoms. The minimum Gasteiger partial charge on any atom is -0.493 e. The number of nitrogens with one attached hydrogen (secondary N) is 1. The fourth-order valence-corrected chi connectivity index (χ4v) is 3.87. The molecule has 0 aliphatic carbocycles. The van der Waals surface area contributed by atoms with Crippen molar-refractivity contribution in [2.45, 2.75) is 19.9 Å². The summed E-state index contributed by atoms with van der Waals surface area (Å²) < 4.78 is 30.7. The lowest BCUT2D eigenvalue weighted by Crippen LogP contribution is -2.24. The summed E-state index contributed by atoms with van der Waals surface area (Å²) in [6.07, 6.45) is -0.684. The monoisotopic (exact) mass is 508 g/mol. The Bertz CT molecular complexity index is 1360. The highest BCUT2D eigenvalue weighted by molar-refractivity contribution is 6.04. The second kappa shape index (κ2) is 11.0. The summed E-state index contributed by atoms with van der Waals surface area (Å²) in [5.41, 5.74) is 2.06. The number of hydrogen-bond acceptors (Lipinski definition) is 6. The number of aliphatic carboxylic acids is 1. The second-order valence-electron chi connectivity index (χ2n) is 8.45. The van der Waals surface area contributed by atoms with Crippen LogP contribution in [0.25, 0.3) is 0 Å². The molecule has 1 fully saturated rings. The van der Waals surface area contributed by atoms with Crippen molar-refractivity contribution in [2.24, 2.45) is 0 Å². The van der Waals surface area contributed by atoms with Crippen molar-refractivity contribution in [3.05, 3.63) is 82.7 Å². The number of amides is 2. The number of halogens is 1. The predicted molar refractivity (Wildman–Crippen MR) is 132 cm³/mol. The quantitative estimate of drug-likeness (QED) is 0.428. The molecule has 4 rings (SSSR count). The summed E-state index contributed by atoms with van der Waals surface area (Å²) in [6.45, 7) is 2.51. The van der Waals surface area contributed by atoms with Crippen LogP contribution >= 0.6 is 0 Å². The molecule has 2 amide bonds. The lowest BCUT2D eigenvalue weighted by molar-refractivity contribution is -0.136. The van der Waals surface area contributed by atoms with Crippen LogP contribution in [0.4, 0.5) is 14.9 Å². The molecular weight excluding hydrogens is 483 g/mol. The van der Waals surface area contributed by atoms with E-state index in [4.69, 9.17) is 19.3 Å². The van der Waals surface area contributed by atoms with Gasteiger partial charge in [0.1, 0.15) is 18.2 Å². The van der Waals surface area contributed by atoms with Gasteiger partial charge in [0, 0.05) is 11.3 Å². The van der Waals surface area contributed by atoms with Crippen LogP contribution in [-0.4, -0.2) is 48.2 Å². The minimum absolute atomic E-state index is 0.0926. The molecule has 9 nitrogen and oxygen atoms in total. The molecule has 0 bridgehead atoms. The average Bonchev–Trinajstić information content (AvgIpc) is 3.26. The Morgan fingerprint density at radius 3 is 2.57 bits per heavy atom.